The van der Waals surface area contributed by atoms with Crippen molar-refractivity contribution in [3.8, 4) is 11.3 Å². The normalized spacial score (nSPS) is 11.3. The summed E-state index contributed by atoms with van der Waals surface area (Å²) in [6, 6.07) is 5.29. The molecule has 0 saturated carbocycles. The molecule has 0 aliphatic rings. The summed E-state index contributed by atoms with van der Waals surface area (Å²) in [5, 5.41) is 6.35. The van der Waals surface area contributed by atoms with E-state index in [0.717, 1.165) is 0 Å². The fraction of sp³-hybridized carbons (Fsp3) is 0.0909. The fourth-order valence-electron chi connectivity index (χ4n) is 1.45. The number of pyridine rings is 1. The zero-order chi connectivity index (χ0) is 12.3. The zero-order valence-corrected chi connectivity index (χ0v) is 9.81. The first kappa shape index (κ1) is 11.5. The third-order valence-corrected chi connectivity index (χ3v) is 3.75. The first-order chi connectivity index (χ1) is 8.15. The van der Waals surface area contributed by atoms with Crippen molar-refractivity contribution >= 4 is 9.84 Å². The Kier molecular flexibility index (Phi) is 3.06. The van der Waals surface area contributed by atoms with Crippen molar-refractivity contribution in [3.63, 3.8) is 0 Å². The molecule has 1 N–H and O–H groups in total. The number of H-pyrrole nitrogens is 1. The Balaban J connectivity index is 2.53. The molecule has 2 aromatic rings. The van der Waals surface area contributed by atoms with Gasteiger partial charge < -0.3 is 0 Å². The molecular weight excluding hydrogens is 238 g/mol. The maximum atomic E-state index is 11.9. The SMILES string of the molecule is C=CCS(=O)(=O)c1n[nH]cc1-c1ccccn1. The molecule has 2 heterocycles. The highest BCUT2D eigenvalue weighted by Gasteiger charge is 2.21. The van der Waals surface area contributed by atoms with Crippen LogP contribution in [-0.4, -0.2) is 29.4 Å². The van der Waals surface area contributed by atoms with Gasteiger partial charge in [-0.3, -0.25) is 10.1 Å². The standard InChI is InChI=1S/C11H11N3O2S/c1-2-7-17(15,16)11-9(8-13-14-11)10-5-3-4-6-12-10/h2-6,8H,1,7H2,(H,13,14). The Hall–Kier alpha value is -1.95. The molecule has 0 spiro atoms. The molecule has 0 amide bonds. The summed E-state index contributed by atoms with van der Waals surface area (Å²) in [6.07, 6.45) is 4.47. The Labute approximate surface area is 99.1 Å². The second-order valence-corrected chi connectivity index (χ2v) is 5.34. The number of sulfone groups is 1. The number of nitrogens with one attached hydrogen (secondary N) is 1. The van der Waals surface area contributed by atoms with Crippen molar-refractivity contribution in [3.05, 3.63) is 43.2 Å². The average Bonchev–Trinajstić information content (AvgIpc) is 2.79. The van der Waals surface area contributed by atoms with Gasteiger partial charge in [0.15, 0.2) is 5.03 Å². The molecular formula is C11H11N3O2S. The van der Waals surface area contributed by atoms with Gasteiger partial charge in [-0.2, -0.15) is 5.10 Å². The van der Waals surface area contributed by atoms with Crippen molar-refractivity contribution in [2.75, 3.05) is 5.75 Å². The van der Waals surface area contributed by atoms with Gasteiger partial charge in [0.2, 0.25) is 9.84 Å². The highest BCUT2D eigenvalue weighted by atomic mass is 32.2. The number of aromatic nitrogens is 3. The lowest BCUT2D eigenvalue weighted by Crippen LogP contribution is -2.06. The number of rotatable bonds is 4. The minimum absolute atomic E-state index is 0.0103. The second kappa shape index (κ2) is 4.50. The molecule has 2 rings (SSSR count). The second-order valence-electron chi connectivity index (χ2n) is 3.39. The minimum Gasteiger partial charge on any atom is -0.284 e. The topological polar surface area (TPSA) is 75.7 Å². The van der Waals surface area contributed by atoms with E-state index in [1.54, 1.807) is 24.4 Å². The molecule has 6 heteroatoms. The summed E-state index contributed by atoms with van der Waals surface area (Å²) in [5.74, 6) is -0.141. The van der Waals surface area contributed by atoms with Gasteiger partial charge in [0.05, 0.1) is 17.0 Å². The average molecular weight is 249 g/mol. The monoisotopic (exact) mass is 249 g/mol. The van der Waals surface area contributed by atoms with Gasteiger partial charge in [0.25, 0.3) is 0 Å². The molecule has 5 nitrogen and oxygen atoms in total. The van der Waals surface area contributed by atoms with E-state index in [1.165, 1.54) is 12.3 Å². The van der Waals surface area contributed by atoms with Crippen molar-refractivity contribution in [2.24, 2.45) is 0 Å². The van der Waals surface area contributed by atoms with Crippen molar-refractivity contribution < 1.29 is 8.42 Å². The van der Waals surface area contributed by atoms with Gasteiger partial charge in [0.1, 0.15) is 0 Å². The molecule has 17 heavy (non-hydrogen) atoms. The Morgan fingerprint density at radius 1 is 1.41 bits per heavy atom. The molecule has 2 aromatic heterocycles. The minimum atomic E-state index is -3.45. The Bertz CT molecular complexity index is 617. The van der Waals surface area contributed by atoms with Gasteiger partial charge in [-0.25, -0.2) is 8.42 Å². The zero-order valence-electron chi connectivity index (χ0n) is 9.00. The van der Waals surface area contributed by atoms with Crippen molar-refractivity contribution in [2.45, 2.75) is 5.03 Å². The van der Waals surface area contributed by atoms with Crippen LogP contribution in [0.1, 0.15) is 0 Å². The van der Waals surface area contributed by atoms with Crippen LogP contribution in [0.5, 0.6) is 0 Å². The largest absolute Gasteiger partial charge is 0.284 e. The summed E-state index contributed by atoms with van der Waals surface area (Å²) in [5.41, 5.74) is 1.05. The summed E-state index contributed by atoms with van der Waals surface area (Å²) in [6.45, 7) is 3.43. The summed E-state index contributed by atoms with van der Waals surface area (Å²) < 4.78 is 23.8. The third kappa shape index (κ3) is 2.26. The first-order valence-corrected chi connectivity index (χ1v) is 6.59. The molecule has 0 fully saturated rings. The van der Waals surface area contributed by atoms with Crippen LogP contribution in [0.3, 0.4) is 0 Å². The number of nitrogens with zero attached hydrogens (tertiary/aromatic N) is 2. The molecule has 0 radical (unpaired) electrons. The van der Waals surface area contributed by atoms with Crippen LogP contribution in [0.4, 0.5) is 0 Å². The van der Waals surface area contributed by atoms with E-state index in [4.69, 9.17) is 0 Å². The Morgan fingerprint density at radius 3 is 2.88 bits per heavy atom. The quantitative estimate of drug-likeness (QED) is 0.832. The van der Waals surface area contributed by atoms with E-state index in [9.17, 15) is 8.42 Å². The lowest BCUT2D eigenvalue weighted by atomic mass is 10.2. The van der Waals surface area contributed by atoms with Crippen LogP contribution in [0, 0.1) is 0 Å². The van der Waals surface area contributed by atoms with E-state index >= 15 is 0 Å². The number of hydrogen-bond acceptors (Lipinski definition) is 4. The van der Waals surface area contributed by atoms with Gasteiger partial charge in [-0.05, 0) is 12.1 Å². The lowest BCUT2D eigenvalue weighted by Gasteiger charge is -2.01. The molecule has 0 saturated heterocycles. The fourth-order valence-corrected chi connectivity index (χ4v) is 2.61. The maximum Gasteiger partial charge on any atom is 0.201 e. The van der Waals surface area contributed by atoms with E-state index in [1.807, 2.05) is 0 Å². The van der Waals surface area contributed by atoms with Gasteiger partial charge >= 0.3 is 0 Å². The van der Waals surface area contributed by atoms with Crippen LogP contribution >= 0.6 is 0 Å². The summed E-state index contributed by atoms with van der Waals surface area (Å²) in [4.78, 5) is 4.11. The molecule has 0 unspecified atom stereocenters. The number of hydrogen-bond donors (Lipinski definition) is 1. The van der Waals surface area contributed by atoms with E-state index in [2.05, 4.69) is 21.8 Å². The smallest absolute Gasteiger partial charge is 0.201 e. The molecule has 0 aromatic carbocycles. The summed E-state index contributed by atoms with van der Waals surface area (Å²) in [7, 11) is -3.45. The molecule has 0 aliphatic carbocycles. The van der Waals surface area contributed by atoms with Crippen LogP contribution in [0.2, 0.25) is 0 Å². The van der Waals surface area contributed by atoms with Crippen molar-refractivity contribution in [1.29, 1.82) is 0 Å². The highest BCUT2D eigenvalue weighted by Crippen LogP contribution is 2.23. The van der Waals surface area contributed by atoms with E-state index in [-0.39, 0.29) is 10.8 Å². The molecule has 0 bridgehead atoms. The van der Waals surface area contributed by atoms with E-state index < -0.39 is 9.84 Å². The maximum absolute atomic E-state index is 11.9. The predicted molar refractivity (Wildman–Crippen MR) is 64.1 cm³/mol. The van der Waals surface area contributed by atoms with Crippen LogP contribution < -0.4 is 0 Å². The highest BCUT2D eigenvalue weighted by molar-refractivity contribution is 7.91. The molecule has 0 aliphatic heterocycles. The van der Waals surface area contributed by atoms with Gasteiger partial charge in [-0.15, -0.1) is 6.58 Å². The number of aromatic amines is 1. The predicted octanol–water partition coefficient (Wildman–Crippen LogP) is 1.43. The molecule has 0 atom stereocenters. The van der Waals surface area contributed by atoms with Crippen LogP contribution in [0.15, 0.2) is 48.3 Å². The molecule has 88 valence electrons. The van der Waals surface area contributed by atoms with E-state index in [0.29, 0.717) is 11.3 Å². The van der Waals surface area contributed by atoms with Crippen LogP contribution in [0.25, 0.3) is 11.3 Å². The first-order valence-electron chi connectivity index (χ1n) is 4.94. The van der Waals surface area contributed by atoms with Gasteiger partial charge in [-0.1, -0.05) is 12.1 Å². The van der Waals surface area contributed by atoms with Crippen molar-refractivity contribution in [1.82, 2.24) is 15.2 Å². The third-order valence-electron chi connectivity index (χ3n) is 2.18. The lowest BCUT2D eigenvalue weighted by molar-refractivity contribution is 0.595. The summed E-state index contributed by atoms with van der Waals surface area (Å²) >= 11 is 0. The Morgan fingerprint density at radius 2 is 2.24 bits per heavy atom. The van der Waals surface area contributed by atoms with Gasteiger partial charge in [0, 0.05) is 12.4 Å². The van der Waals surface area contributed by atoms with Crippen LogP contribution in [-0.2, 0) is 9.84 Å².